The van der Waals surface area contributed by atoms with E-state index in [0.29, 0.717) is 24.9 Å². The maximum Gasteiger partial charge on any atom is 0.306 e. The summed E-state index contributed by atoms with van der Waals surface area (Å²) in [5.74, 6) is 0.940. The third-order valence-corrected chi connectivity index (χ3v) is 4.75. The van der Waals surface area contributed by atoms with Gasteiger partial charge in [-0.1, -0.05) is 11.6 Å². The summed E-state index contributed by atoms with van der Waals surface area (Å²) >= 11 is 0. The van der Waals surface area contributed by atoms with Crippen molar-refractivity contribution in [2.75, 3.05) is 13.2 Å². The van der Waals surface area contributed by atoms with E-state index in [-0.39, 0.29) is 24.3 Å². The molecule has 112 valence electrons. The second kappa shape index (κ2) is 5.86. The summed E-state index contributed by atoms with van der Waals surface area (Å²) in [6.07, 6.45) is 5.69. The standard InChI is InChI=1S/C16H24O4/c1-10(2)5-7-19-16-14-12(6-8-18-14)9-11-3-4-13(17)20-15(11)16/h5,11-12,14-16H,3-4,6-9H2,1-2H3/t11-,12+,14+,15+,16+/m0/s1. The van der Waals surface area contributed by atoms with E-state index in [1.54, 1.807) is 0 Å². The number of carbonyl (C=O) groups excluding carboxylic acids is 1. The first-order chi connectivity index (χ1) is 9.65. The molecule has 0 aromatic rings. The van der Waals surface area contributed by atoms with Gasteiger partial charge >= 0.3 is 5.97 Å². The molecule has 0 radical (unpaired) electrons. The Balaban J connectivity index is 1.73. The van der Waals surface area contributed by atoms with Gasteiger partial charge in [0.2, 0.25) is 0 Å². The molecule has 3 rings (SSSR count). The lowest BCUT2D eigenvalue weighted by molar-refractivity contribution is -0.196. The summed E-state index contributed by atoms with van der Waals surface area (Å²) in [5, 5.41) is 0. The Morgan fingerprint density at radius 1 is 1.30 bits per heavy atom. The summed E-state index contributed by atoms with van der Waals surface area (Å²) in [6.45, 7) is 5.50. The molecule has 0 aromatic heterocycles. The SMILES string of the molecule is CC(C)=CCO[C@@H]1[C@@H]2OCC[C@@H]2C[C@@H]2CCC(=O)O[C@H]21. The van der Waals surface area contributed by atoms with Crippen molar-refractivity contribution in [3.8, 4) is 0 Å². The molecule has 3 aliphatic rings. The van der Waals surface area contributed by atoms with Crippen LogP contribution in [0.5, 0.6) is 0 Å². The van der Waals surface area contributed by atoms with Crippen molar-refractivity contribution in [2.24, 2.45) is 11.8 Å². The van der Waals surface area contributed by atoms with Crippen LogP contribution in [-0.4, -0.2) is 37.5 Å². The zero-order valence-electron chi connectivity index (χ0n) is 12.3. The van der Waals surface area contributed by atoms with E-state index in [1.165, 1.54) is 5.57 Å². The molecule has 2 aliphatic heterocycles. The molecule has 0 bridgehead atoms. The Morgan fingerprint density at radius 2 is 2.10 bits per heavy atom. The van der Waals surface area contributed by atoms with Gasteiger partial charge in [-0.3, -0.25) is 4.79 Å². The summed E-state index contributed by atoms with van der Waals surface area (Å²) in [4.78, 5) is 11.6. The monoisotopic (exact) mass is 280 g/mol. The lowest BCUT2D eigenvalue weighted by atomic mass is 9.73. The lowest BCUT2D eigenvalue weighted by Crippen LogP contribution is -2.54. The van der Waals surface area contributed by atoms with Crippen LogP contribution in [0.3, 0.4) is 0 Å². The Hall–Kier alpha value is -0.870. The van der Waals surface area contributed by atoms with E-state index in [4.69, 9.17) is 14.2 Å². The fourth-order valence-corrected chi connectivity index (χ4v) is 3.72. The third-order valence-electron chi connectivity index (χ3n) is 4.75. The van der Waals surface area contributed by atoms with Gasteiger partial charge in [0.05, 0.1) is 12.7 Å². The predicted octanol–water partition coefficient (Wildman–Crippen LogP) is 2.47. The van der Waals surface area contributed by atoms with E-state index >= 15 is 0 Å². The topological polar surface area (TPSA) is 44.8 Å². The van der Waals surface area contributed by atoms with Crippen LogP contribution in [0.15, 0.2) is 11.6 Å². The van der Waals surface area contributed by atoms with E-state index < -0.39 is 0 Å². The van der Waals surface area contributed by atoms with Crippen LogP contribution in [0.25, 0.3) is 0 Å². The second-order valence-corrected chi connectivity index (χ2v) is 6.45. The quantitative estimate of drug-likeness (QED) is 0.588. The van der Waals surface area contributed by atoms with Crippen LogP contribution >= 0.6 is 0 Å². The van der Waals surface area contributed by atoms with Crippen molar-refractivity contribution in [2.45, 2.75) is 57.8 Å². The van der Waals surface area contributed by atoms with Crippen LogP contribution in [-0.2, 0) is 19.0 Å². The fourth-order valence-electron chi connectivity index (χ4n) is 3.72. The van der Waals surface area contributed by atoms with Gasteiger partial charge in [0.25, 0.3) is 0 Å². The number of hydrogen-bond donors (Lipinski definition) is 0. The fraction of sp³-hybridized carbons (Fsp3) is 0.812. The highest BCUT2D eigenvalue weighted by Crippen LogP contribution is 2.43. The molecule has 20 heavy (non-hydrogen) atoms. The van der Waals surface area contributed by atoms with Gasteiger partial charge in [0.1, 0.15) is 12.2 Å². The first kappa shape index (κ1) is 14.1. The molecule has 0 N–H and O–H groups in total. The smallest absolute Gasteiger partial charge is 0.306 e. The minimum absolute atomic E-state index is 0.0847. The first-order valence-electron chi connectivity index (χ1n) is 7.71. The van der Waals surface area contributed by atoms with Crippen LogP contribution in [0, 0.1) is 11.8 Å². The third kappa shape index (κ3) is 2.77. The molecule has 5 atom stereocenters. The van der Waals surface area contributed by atoms with Crippen molar-refractivity contribution in [3.05, 3.63) is 11.6 Å². The van der Waals surface area contributed by atoms with Crippen molar-refractivity contribution in [1.82, 2.24) is 0 Å². The molecule has 0 unspecified atom stereocenters. The van der Waals surface area contributed by atoms with Crippen LogP contribution < -0.4 is 0 Å². The van der Waals surface area contributed by atoms with E-state index in [9.17, 15) is 4.79 Å². The summed E-state index contributed by atoms with van der Waals surface area (Å²) in [5.41, 5.74) is 1.24. The van der Waals surface area contributed by atoms with Gasteiger partial charge in [-0.15, -0.1) is 0 Å². The zero-order valence-corrected chi connectivity index (χ0v) is 12.3. The Kier molecular flexibility index (Phi) is 4.13. The number of fused-ring (bicyclic) bond motifs is 2. The largest absolute Gasteiger partial charge is 0.459 e. The van der Waals surface area contributed by atoms with Crippen molar-refractivity contribution in [3.63, 3.8) is 0 Å². The van der Waals surface area contributed by atoms with E-state index in [2.05, 4.69) is 19.9 Å². The second-order valence-electron chi connectivity index (χ2n) is 6.45. The Bertz CT molecular complexity index is 399. The number of ether oxygens (including phenoxy) is 3. The minimum Gasteiger partial charge on any atom is -0.459 e. The molecule has 2 heterocycles. The van der Waals surface area contributed by atoms with Gasteiger partial charge in [-0.25, -0.2) is 0 Å². The molecule has 2 saturated heterocycles. The van der Waals surface area contributed by atoms with Crippen molar-refractivity contribution >= 4 is 5.97 Å². The van der Waals surface area contributed by atoms with Crippen LogP contribution in [0.4, 0.5) is 0 Å². The predicted molar refractivity (Wildman–Crippen MR) is 74.2 cm³/mol. The minimum atomic E-state index is -0.110. The average molecular weight is 280 g/mol. The number of carbonyl (C=O) groups is 1. The van der Waals surface area contributed by atoms with Gasteiger partial charge < -0.3 is 14.2 Å². The van der Waals surface area contributed by atoms with Gasteiger partial charge in [0.15, 0.2) is 0 Å². The summed E-state index contributed by atoms with van der Waals surface area (Å²) < 4.78 is 17.5. The summed E-state index contributed by atoms with van der Waals surface area (Å²) in [7, 11) is 0. The number of allylic oxidation sites excluding steroid dienone is 1. The molecule has 4 heteroatoms. The van der Waals surface area contributed by atoms with Crippen LogP contribution in [0.2, 0.25) is 0 Å². The summed E-state index contributed by atoms with van der Waals surface area (Å²) in [6, 6.07) is 0. The molecular formula is C16H24O4. The maximum absolute atomic E-state index is 11.6. The van der Waals surface area contributed by atoms with Crippen molar-refractivity contribution < 1.29 is 19.0 Å². The van der Waals surface area contributed by atoms with Crippen LogP contribution in [0.1, 0.15) is 39.5 Å². The highest BCUT2D eigenvalue weighted by molar-refractivity contribution is 5.70. The molecule has 1 aliphatic carbocycles. The Labute approximate surface area is 120 Å². The molecule has 1 saturated carbocycles. The molecule has 3 fully saturated rings. The maximum atomic E-state index is 11.6. The normalized spacial score (nSPS) is 39.7. The molecule has 4 nitrogen and oxygen atoms in total. The number of esters is 1. The zero-order chi connectivity index (χ0) is 14.1. The van der Waals surface area contributed by atoms with Gasteiger partial charge in [-0.2, -0.15) is 0 Å². The molecule has 0 aromatic carbocycles. The number of hydrogen-bond acceptors (Lipinski definition) is 4. The molecule has 0 spiro atoms. The first-order valence-corrected chi connectivity index (χ1v) is 7.71. The Morgan fingerprint density at radius 3 is 2.90 bits per heavy atom. The van der Waals surface area contributed by atoms with Crippen molar-refractivity contribution in [1.29, 1.82) is 0 Å². The average Bonchev–Trinajstić information content (AvgIpc) is 2.86. The van der Waals surface area contributed by atoms with E-state index in [1.807, 2.05) is 0 Å². The lowest BCUT2D eigenvalue weighted by Gasteiger charge is -2.45. The highest BCUT2D eigenvalue weighted by atomic mass is 16.6. The highest BCUT2D eigenvalue weighted by Gasteiger charge is 2.51. The molecular weight excluding hydrogens is 256 g/mol. The molecule has 0 amide bonds. The van der Waals surface area contributed by atoms with Gasteiger partial charge in [-0.05, 0) is 44.9 Å². The van der Waals surface area contributed by atoms with Gasteiger partial charge in [0, 0.05) is 13.0 Å². The number of rotatable bonds is 3. The van der Waals surface area contributed by atoms with E-state index in [0.717, 1.165) is 25.9 Å².